The van der Waals surface area contributed by atoms with E-state index >= 15 is 0 Å². The molecule has 9 heteroatoms. The molecule has 3 rings (SSSR count). The van der Waals surface area contributed by atoms with E-state index in [-0.39, 0.29) is 17.5 Å². The van der Waals surface area contributed by atoms with E-state index in [0.29, 0.717) is 43.1 Å². The van der Waals surface area contributed by atoms with Crippen LogP contribution in [0.1, 0.15) is 11.1 Å². The fourth-order valence-electron chi connectivity index (χ4n) is 3.25. The number of nitrogens with zero attached hydrogens (tertiary/aromatic N) is 2. The van der Waals surface area contributed by atoms with Gasteiger partial charge in [-0.2, -0.15) is 18.4 Å². The van der Waals surface area contributed by atoms with E-state index in [9.17, 15) is 18.0 Å². The SMILES string of the molecule is N#Cc1ccc(NC(=O)C[NH+]2CCN(c3cccc(C(F)(F)F)c3)CC2)cc1Cl. The van der Waals surface area contributed by atoms with Gasteiger partial charge in [-0.3, -0.25) is 4.79 Å². The molecule has 1 saturated heterocycles. The maximum Gasteiger partial charge on any atom is 0.416 e. The minimum atomic E-state index is -4.37. The zero-order valence-electron chi connectivity index (χ0n) is 15.4. The van der Waals surface area contributed by atoms with Crippen molar-refractivity contribution >= 4 is 28.9 Å². The standard InChI is InChI=1S/C20H18ClF3N4O/c21-18-11-16(5-4-14(18)12-25)26-19(29)13-27-6-8-28(9-7-27)17-3-1-2-15(10-17)20(22,23)24/h1-5,10-11H,6-9,13H2,(H,26,29)/p+1. The van der Waals surface area contributed by atoms with Gasteiger partial charge in [-0.25, -0.2) is 0 Å². The zero-order valence-corrected chi connectivity index (χ0v) is 16.1. The third-order valence-corrected chi connectivity index (χ3v) is 5.11. The highest BCUT2D eigenvalue weighted by Crippen LogP contribution is 2.31. The molecular formula is C20H19ClF3N4O+. The fourth-order valence-corrected chi connectivity index (χ4v) is 3.48. The Hall–Kier alpha value is -2.76. The minimum Gasteiger partial charge on any atom is -0.360 e. The smallest absolute Gasteiger partial charge is 0.360 e. The van der Waals surface area contributed by atoms with Crippen LogP contribution in [0.3, 0.4) is 0 Å². The summed E-state index contributed by atoms with van der Waals surface area (Å²) < 4.78 is 38.7. The Kier molecular flexibility index (Phi) is 6.30. The molecule has 0 unspecified atom stereocenters. The molecule has 1 heterocycles. The normalized spacial score (nSPS) is 15.1. The van der Waals surface area contributed by atoms with Crippen molar-refractivity contribution in [1.29, 1.82) is 5.26 Å². The summed E-state index contributed by atoms with van der Waals surface area (Å²) >= 11 is 5.96. The maximum absolute atomic E-state index is 12.9. The summed E-state index contributed by atoms with van der Waals surface area (Å²) in [5.74, 6) is -0.187. The van der Waals surface area contributed by atoms with E-state index in [0.717, 1.165) is 17.0 Å². The van der Waals surface area contributed by atoms with Crippen molar-refractivity contribution in [1.82, 2.24) is 0 Å². The van der Waals surface area contributed by atoms with Gasteiger partial charge in [0.25, 0.3) is 5.91 Å². The molecule has 0 aliphatic carbocycles. The van der Waals surface area contributed by atoms with Crippen LogP contribution in [0.25, 0.3) is 0 Å². The molecule has 0 saturated carbocycles. The predicted molar refractivity (Wildman–Crippen MR) is 104 cm³/mol. The Morgan fingerprint density at radius 2 is 1.93 bits per heavy atom. The van der Waals surface area contributed by atoms with Crippen molar-refractivity contribution in [3.05, 3.63) is 58.6 Å². The van der Waals surface area contributed by atoms with Gasteiger partial charge in [0, 0.05) is 11.4 Å². The van der Waals surface area contributed by atoms with E-state index in [1.165, 1.54) is 12.1 Å². The maximum atomic E-state index is 12.9. The number of carbonyl (C=O) groups excluding carboxylic acids is 1. The fraction of sp³-hybridized carbons (Fsp3) is 0.300. The zero-order chi connectivity index (χ0) is 21.0. The average Bonchev–Trinajstić information content (AvgIpc) is 2.68. The molecule has 0 spiro atoms. The van der Waals surface area contributed by atoms with Gasteiger partial charge in [-0.15, -0.1) is 0 Å². The van der Waals surface area contributed by atoms with Gasteiger partial charge in [0.2, 0.25) is 0 Å². The highest BCUT2D eigenvalue weighted by atomic mass is 35.5. The Balaban J connectivity index is 1.53. The van der Waals surface area contributed by atoms with Crippen molar-refractivity contribution in [2.75, 3.05) is 42.9 Å². The molecular weight excluding hydrogens is 405 g/mol. The lowest BCUT2D eigenvalue weighted by Gasteiger charge is -2.33. The first-order chi connectivity index (χ1) is 13.8. The average molecular weight is 424 g/mol. The quantitative estimate of drug-likeness (QED) is 0.794. The van der Waals surface area contributed by atoms with Crippen molar-refractivity contribution in [2.24, 2.45) is 0 Å². The molecule has 1 fully saturated rings. The molecule has 1 aliphatic heterocycles. The van der Waals surface area contributed by atoms with Crippen molar-refractivity contribution in [3.63, 3.8) is 0 Å². The van der Waals surface area contributed by atoms with Gasteiger partial charge in [0.05, 0.1) is 42.3 Å². The molecule has 1 amide bonds. The van der Waals surface area contributed by atoms with Crippen LogP contribution in [0.15, 0.2) is 42.5 Å². The summed E-state index contributed by atoms with van der Waals surface area (Å²) in [6.07, 6.45) is -4.37. The predicted octanol–water partition coefficient (Wildman–Crippen LogP) is 2.57. The Labute approximate surface area is 171 Å². The molecule has 0 atom stereocenters. The molecule has 2 aromatic carbocycles. The monoisotopic (exact) mass is 423 g/mol. The molecule has 29 heavy (non-hydrogen) atoms. The molecule has 0 radical (unpaired) electrons. The first kappa shape index (κ1) is 21.0. The molecule has 0 bridgehead atoms. The van der Waals surface area contributed by atoms with E-state index in [2.05, 4.69) is 5.32 Å². The number of anilines is 2. The number of nitriles is 1. The van der Waals surface area contributed by atoms with Gasteiger partial charge < -0.3 is 15.1 Å². The van der Waals surface area contributed by atoms with Crippen LogP contribution in [0, 0.1) is 11.3 Å². The number of benzene rings is 2. The lowest BCUT2D eigenvalue weighted by molar-refractivity contribution is -0.892. The second-order valence-corrected chi connectivity index (χ2v) is 7.22. The first-order valence-electron chi connectivity index (χ1n) is 9.01. The molecule has 2 aromatic rings. The summed E-state index contributed by atoms with van der Waals surface area (Å²) in [5, 5.41) is 11.9. The number of rotatable bonds is 4. The second kappa shape index (κ2) is 8.72. The number of hydrogen-bond acceptors (Lipinski definition) is 3. The topological polar surface area (TPSA) is 60.6 Å². The van der Waals surface area contributed by atoms with E-state index < -0.39 is 11.7 Å². The van der Waals surface area contributed by atoms with Crippen LogP contribution in [-0.2, 0) is 11.0 Å². The minimum absolute atomic E-state index is 0.187. The summed E-state index contributed by atoms with van der Waals surface area (Å²) in [4.78, 5) is 15.2. The number of amides is 1. The van der Waals surface area contributed by atoms with Gasteiger partial charge in [-0.1, -0.05) is 17.7 Å². The molecule has 152 valence electrons. The molecule has 1 aliphatic rings. The number of nitrogens with one attached hydrogen (secondary N) is 2. The third-order valence-electron chi connectivity index (χ3n) is 4.79. The Bertz CT molecular complexity index is 934. The van der Waals surface area contributed by atoms with Crippen LogP contribution in [-0.4, -0.2) is 38.6 Å². The first-order valence-corrected chi connectivity index (χ1v) is 9.39. The number of hydrogen-bond donors (Lipinski definition) is 2. The largest absolute Gasteiger partial charge is 0.416 e. The van der Waals surface area contributed by atoms with Crippen molar-refractivity contribution < 1.29 is 22.9 Å². The highest BCUT2D eigenvalue weighted by molar-refractivity contribution is 6.32. The number of halogens is 4. The van der Waals surface area contributed by atoms with Crippen LogP contribution in [0.5, 0.6) is 0 Å². The third kappa shape index (κ3) is 5.40. The van der Waals surface area contributed by atoms with Gasteiger partial charge >= 0.3 is 6.18 Å². The Morgan fingerprint density at radius 1 is 1.21 bits per heavy atom. The summed E-state index contributed by atoms with van der Waals surface area (Å²) in [5.41, 5.74) is 0.725. The van der Waals surface area contributed by atoms with E-state index in [1.54, 1.807) is 18.2 Å². The van der Waals surface area contributed by atoms with Crippen LogP contribution >= 0.6 is 11.6 Å². The van der Waals surface area contributed by atoms with Crippen LogP contribution in [0.4, 0.5) is 24.5 Å². The number of carbonyl (C=O) groups is 1. The molecule has 2 N–H and O–H groups in total. The van der Waals surface area contributed by atoms with Crippen LogP contribution < -0.4 is 15.1 Å². The number of alkyl halides is 3. The summed E-state index contributed by atoms with van der Waals surface area (Å²) in [7, 11) is 0. The number of piperazine rings is 1. The van der Waals surface area contributed by atoms with E-state index in [1.807, 2.05) is 11.0 Å². The molecule has 0 aromatic heterocycles. The lowest BCUT2D eigenvalue weighted by atomic mass is 10.1. The van der Waals surface area contributed by atoms with Crippen LogP contribution in [0.2, 0.25) is 5.02 Å². The van der Waals surface area contributed by atoms with Gasteiger partial charge in [0.1, 0.15) is 6.07 Å². The van der Waals surface area contributed by atoms with Crippen molar-refractivity contribution in [3.8, 4) is 6.07 Å². The second-order valence-electron chi connectivity index (χ2n) is 6.82. The van der Waals surface area contributed by atoms with Gasteiger partial charge in [-0.05, 0) is 36.4 Å². The summed E-state index contributed by atoms with van der Waals surface area (Å²) in [6.45, 7) is 2.64. The lowest BCUT2D eigenvalue weighted by Crippen LogP contribution is -3.15. The van der Waals surface area contributed by atoms with Gasteiger partial charge in [0.15, 0.2) is 6.54 Å². The highest BCUT2D eigenvalue weighted by Gasteiger charge is 2.31. The van der Waals surface area contributed by atoms with Crippen molar-refractivity contribution in [2.45, 2.75) is 6.18 Å². The van der Waals surface area contributed by atoms with E-state index in [4.69, 9.17) is 16.9 Å². The molecule has 5 nitrogen and oxygen atoms in total. The number of quaternary nitrogens is 1. The summed E-state index contributed by atoms with van der Waals surface area (Å²) in [6, 6.07) is 11.9. The Morgan fingerprint density at radius 3 is 2.55 bits per heavy atom.